The van der Waals surface area contributed by atoms with Crippen LogP contribution in [0.1, 0.15) is 28.8 Å². The summed E-state index contributed by atoms with van der Waals surface area (Å²) >= 11 is 0. The van der Waals surface area contributed by atoms with Crippen LogP contribution in [0.4, 0.5) is 0 Å². The molecule has 0 saturated carbocycles. The highest BCUT2D eigenvalue weighted by molar-refractivity contribution is 5.96. The van der Waals surface area contributed by atoms with Crippen LogP contribution >= 0.6 is 0 Å². The second-order valence-electron chi connectivity index (χ2n) is 6.99. The van der Waals surface area contributed by atoms with Gasteiger partial charge < -0.3 is 9.64 Å². The minimum atomic E-state index is 0.00719. The van der Waals surface area contributed by atoms with E-state index in [0.29, 0.717) is 17.4 Å². The van der Waals surface area contributed by atoms with Crippen LogP contribution in [0.25, 0.3) is 10.9 Å². The Bertz CT molecular complexity index is 944. The van der Waals surface area contributed by atoms with Crippen LogP contribution in [0.5, 0.6) is 5.88 Å². The molecule has 1 amide bonds. The number of piperidine rings is 1. The van der Waals surface area contributed by atoms with E-state index in [1.807, 2.05) is 17.2 Å². The second kappa shape index (κ2) is 7.74. The summed E-state index contributed by atoms with van der Waals surface area (Å²) in [6.07, 6.45) is 6.51. The minimum absolute atomic E-state index is 0.00719. The monoisotopic (exact) mass is 361 g/mol. The maximum absolute atomic E-state index is 12.8. The fraction of sp³-hybridized carbons (Fsp3) is 0.318. The van der Waals surface area contributed by atoms with Gasteiger partial charge in [0.1, 0.15) is 5.56 Å². The molecule has 0 bridgehead atoms. The molecule has 3 aromatic rings. The van der Waals surface area contributed by atoms with Gasteiger partial charge in [-0.05, 0) is 55.0 Å². The third-order valence-corrected chi connectivity index (χ3v) is 5.34. The lowest BCUT2D eigenvalue weighted by atomic mass is 9.88. The number of ether oxygens (including phenoxy) is 1. The number of methoxy groups -OCH3 is 1. The van der Waals surface area contributed by atoms with Crippen LogP contribution in [0.2, 0.25) is 0 Å². The van der Waals surface area contributed by atoms with Crippen molar-refractivity contribution in [2.24, 2.45) is 5.92 Å². The predicted molar refractivity (Wildman–Crippen MR) is 105 cm³/mol. The van der Waals surface area contributed by atoms with Gasteiger partial charge in [-0.2, -0.15) is 0 Å². The molecule has 5 nitrogen and oxygen atoms in total. The average Bonchev–Trinajstić information content (AvgIpc) is 2.74. The highest BCUT2D eigenvalue weighted by atomic mass is 16.5. The summed E-state index contributed by atoms with van der Waals surface area (Å²) in [5.41, 5.74) is 2.93. The molecular weight excluding hydrogens is 338 g/mol. The van der Waals surface area contributed by atoms with E-state index >= 15 is 0 Å². The summed E-state index contributed by atoms with van der Waals surface area (Å²) in [7, 11) is 1.55. The van der Waals surface area contributed by atoms with Crippen LogP contribution in [-0.2, 0) is 6.42 Å². The van der Waals surface area contributed by atoms with E-state index in [1.54, 1.807) is 25.4 Å². The first kappa shape index (κ1) is 17.5. The maximum Gasteiger partial charge on any atom is 0.259 e. The summed E-state index contributed by atoms with van der Waals surface area (Å²) in [6.45, 7) is 1.54. The smallest absolute Gasteiger partial charge is 0.259 e. The van der Waals surface area contributed by atoms with Gasteiger partial charge in [-0.1, -0.05) is 18.2 Å². The summed E-state index contributed by atoms with van der Waals surface area (Å²) in [4.78, 5) is 23.3. The van der Waals surface area contributed by atoms with Crippen LogP contribution in [-0.4, -0.2) is 41.0 Å². The summed E-state index contributed by atoms with van der Waals surface area (Å²) in [6, 6.07) is 14.0. The summed E-state index contributed by atoms with van der Waals surface area (Å²) in [5, 5.41) is 1.23. The molecule has 1 saturated heterocycles. The van der Waals surface area contributed by atoms with Gasteiger partial charge in [0.15, 0.2) is 0 Å². The van der Waals surface area contributed by atoms with Crippen molar-refractivity contribution in [3.05, 3.63) is 66.0 Å². The number of carbonyl (C=O) groups excluding carboxylic acids is 1. The van der Waals surface area contributed by atoms with Gasteiger partial charge in [-0.25, -0.2) is 4.98 Å². The number of amides is 1. The topological polar surface area (TPSA) is 55.3 Å². The molecule has 4 rings (SSSR count). The number of fused-ring (bicyclic) bond motifs is 1. The number of hydrogen-bond acceptors (Lipinski definition) is 4. The highest BCUT2D eigenvalue weighted by Gasteiger charge is 2.26. The van der Waals surface area contributed by atoms with Gasteiger partial charge in [0.05, 0.1) is 12.6 Å². The summed E-state index contributed by atoms with van der Waals surface area (Å²) in [5.74, 6) is 0.983. The minimum Gasteiger partial charge on any atom is -0.480 e. The summed E-state index contributed by atoms with van der Waals surface area (Å²) < 4.78 is 5.23. The molecule has 0 aliphatic carbocycles. The number of hydrogen-bond donors (Lipinski definition) is 0. The zero-order valence-electron chi connectivity index (χ0n) is 15.5. The van der Waals surface area contributed by atoms with Gasteiger partial charge in [0.25, 0.3) is 5.91 Å². The molecule has 2 aromatic heterocycles. The average molecular weight is 361 g/mol. The number of rotatable bonds is 4. The van der Waals surface area contributed by atoms with Crippen LogP contribution in [0.3, 0.4) is 0 Å². The third-order valence-electron chi connectivity index (χ3n) is 5.34. The molecule has 1 aromatic carbocycles. The number of pyridine rings is 2. The first-order valence-corrected chi connectivity index (χ1v) is 9.37. The Morgan fingerprint density at radius 2 is 1.85 bits per heavy atom. The number of likely N-dealkylation sites (tertiary alicyclic amines) is 1. The van der Waals surface area contributed by atoms with Gasteiger partial charge in [0, 0.05) is 30.9 Å². The Balaban J connectivity index is 1.42. The molecule has 5 heteroatoms. The lowest BCUT2D eigenvalue weighted by Gasteiger charge is -2.32. The molecule has 1 aliphatic heterocycles. The lowest BCUT2D eigenvalue weighted by molar-refractivity contribution is 0.0686. The standard InChI is InChI=1S/C22H23N3O2/c1-27-21-19(7-4-12-24-21)22(26)25-13-9-16(10-14-25)15-17-5-2-8-20-18(17)6-3-11-23-20/h2-8,11-12,16H,9-10,13-15H2,1H3. The molecule has 0 radical (unpaired) electrons. The molecule has 3 heterocycles. The maximum atomic E-state index is 12.8. The van der Waals surface area contributed by atoms with Crippen LogP contribution < -0.4 is 4.74 Å². The van der Waals surface area contributed by atoms with Crippen molar-refractivity contribution < 1.29 is 9.53 Å². The van der Waals surface area contributed by atoms with Crippen molar-refractivity contribution in [1.29, 1.82) is 0 Å². The molecule has 1 aliphatic rings. The Kier molecular flexibility index (Phi) is 5.01. The second-order valence-corrected chi connectivity index (χ2v) is 6.99. The predicted octanol–water partition coefficient (Wildman–Crippen LogP) is 3.73. The van der Waals surface area contributed by atoms with Crippen LogP contribution in [0.15, 0.2) is 54.9 Å². The van der Waals surface area contributed by atoms with Gasteiger partial charge in [-0.3, -0.25) is 9.78 Å². The molecule has 0 N–H and O–H groups in total. The van der Waals surface area contributed by atoms with Gasteiger partial charge in [0.2, 0.25) is 5.88 Å². The third kappa shape index (κ3) is 3.63. The number of nitrogens with zero attached hydrogens (tertiary/aromatic N) is 3. The number of aromatic nitrogens is 2. The van der Waals surface area contributed by atoms with Gasteiger partial charge >= 0.3 is 0 Å². The number of benzene rings is 1. The van der Waals surface area contributed by atoms with E-state index in [1.165, 1.54) is 10.9 Å². The van der Waals surface area contributed by atoms with E-state index in [0.717, 1.165) is 37.9 Å². The molecule has 1 fully saturated rings. The van der Waals surface area contributed by atoms with Crippen molar-refractivity contribution >= 4 is 16.8 Å². The van der Waals surface area contributed by atoms with Crippen molar-refractivity contribution in [3.8, 4) is 5.88 Å². The molecular formula is C22H23N3O2. The van der Waals surface area contributed by atoms with E-state index in [9.17, 15) is 4.79 Å². The quantitative estimate of drug-likeness (QED) is 0.710. The van der Waals surface area contributed by atoms with Crippen molar-refractivity contribution in [1.82, 2.24) is 14.9 Å². The fourth-order valence-electron chi connectivity index (χ4n) is 3.88. The molecule has 138 valence electrons. The largest absolute Gasteiger partial charge is 0.480 e. The first-order valence-electron chi connectivity index (χ1n) is 9.37. The van der Waals surface area contributed by atoms with E-state index in [4.69, 9.17) is 4.74 Å². The molecule has 0 unspecified atom stereocenters. The van der Waals surface area contributed by atoms with Crippen molar-refractivity contribution in [2.75, 3.05) is 20.2 Å². The Morgan fingerprint density at radius 3 is 2.67 bits per heavy atom. The normalized spacial score (nSPS) is 15.1. The molecule has 27 heavy (non-hydrogen) atoms. The molecule has 0 atom stereocenters. The van der Waals surface area contributed by atoms with Crippen molar-refractivity contribution in [3.63, 3.8) is 0 Å². The Hall–Kier alpha value is -2.95. The Labute approximate surface area is 159 Å². The van der Waals surface area contributed by atoms with E-state index < -0.39 is 0 Å². The SMILES string of the molecule is COc1ncccc1C(=O)N1CCC(Cc2cccc3ncccc23)CC1. The van der Waals surface area contributed by atoms with Crippen LogP contribution in [0, 0.1) is 5.92 Å². The zero-order valence-corrected chi connectivity index (χ0v) is 15.5. The number of carbonyl (C=O) groups is 1. The Morgan fingerprint density at radius 1 is 1.07 bits per heavy atom. The lowest BCUT2D eigenvalue weighted by Crippen LogP contribution is -2.39. The van der Waals surface area contributed by atoms with Gasteiger partial charge in [-0.15, -0.1) is 0 Å². The zero-order chi connectivity index (χ0) is 18.6. The molecule has 0 spiro atoms. The highest BCUT2D eigenvalue weighted by Crippen LogP contribution is 2.27. The van der Waals surface area contributed by atoms with E-state index in [-0.39, 0.29) is 5.91 Å². The first-order chi connectivity index (χ1) is 13.3. The van der Waals surface area contributed by atoms with E-state index in [2.05, 4.69) is 34.2 Å². The fourth-order valence-corrected chi connectivity index (χ4v) is 3.88. The van der Waals surface area contributed by atoms with Crippen molar-refractivity contribution in [2.45, 2.75) is 19.3 Å².